The lowest BCUT2D eigenvalue weighted by molar-refractivity contribution is 0.193. The van der Waals surface area contributed by atoms with Crippen molar-refractivity contribution >= 4 is 5.69 Å². The molecule has 0 saturated carbocycles. The Morgan fingerprint density at radius 1 is 0.958 bits per heavy atom. The third-order valence-electron chi connectivity index (χ3n) is 5.18. The van der Waals surface area contributed by atoms with Crippen LogP contribution in [-0.2, 0) is 19.6 Å². The third-order valence-corrected chi connectivity index (χ3v) is 5.18. The molecule has 4 rings (SSSR count). The van der Waals surface area contributed by atoms with Crippen LogP contribution in [0.4, 0.5) is 5.69 Å². The SMILES string of the molecule is O=c1n(CN2CCN(c3ccccc3)CC2)c(O)c2n1CCCC2. The van der Waals surface area contributed by atoms with Crippen molar-refractivity contribution in [2.75, 3.05) is 31.1 Å². The average Bonchev–Trinajstić information content (AvgIpc) is 2.88. The highest BCUT2D eigenvalue weighted by Crippen LogP contribution is 2.23. The van der Waals surface area contributed by atoms with Crippen molar-refractivity contribution in [3.63, 3.8) is 0 Å². The molecule has 6 nitrogen and oxygen atoms in total. The van der Waals surface area contributed by atoms with Crippen LogP contribution in [0.1, 0.15) is 18.5 Å². The molecular weight excluding hydrogens is 304 g/mol. The molecule has 0 bridgehead atoms. The van der Waals surface area contributed by atoms with Crippen molar-refractivity contribution in [2.24, 2.45) is 0 Å². The van der Waals surface area contributed by atoms with Crippen molar-refractivity contribution in [2.45, 2.75) is 32.5 Å². The Labute approximate surface area is 141 Å². The Morgan fingerprint density at radius 3 is 2.42 bits per heavy atom. The van der Waals surface area contributed by atoms with Gasteiger partial charge in [-0.25, -0.2) is 9.36 Å². The highest BCUT2D eigenvalue weighted by Gasteiger charge is 2.24. The first-order valence-corrected chi connectivity index (χ1v) is 8.77. The summed E-state index contributed by atoms with van der Waals surface area (Å²) < 4.78 is 3.29. The molecule has 0 unspecified atom stereocenters. The standard InChI is InChI=1S/C18H24N4O2/c23-17-16-8-4-5-9-21(16)18(24)22(17)14-19-10-12-20(13-11-19)15-6-2-1-3-7-15/h1-3,6-7,23H,4-5,8-14H2. The van der Waals surface area contributed by atoms with Crippen molar-refractivity contribution < 1.29 is 5.11 Å². The number of aromatic hydroxyl groups is 1. The van der Waals surface area contributed by atoms with E-state index in [-0.39, 0.29) is 11.6 Å². The molecule has 0 spiro atoms. The number of imidazole rings is 1. The topological polar surface area (TPSA) is 53.6 Å². The highest BCUT2D eigenvalue weighted by molar-refractivity contribution is 5.46. The van der Waals surface area contributed by atoms with Crippen molar-refractivity contribution in [1.29, 1.82) is 0 Å². The van der Waals surface area contributed by atoms with Crippen molar-refractivity contribution in [3.8, 4) is 5.88 Å². The molecule has 3 heterocycles. The first-order chi connectivity index (χ1) is 11.7. The van der Waals surface area contributed by atoms with E-state index in [1.165, 1.54) is 5.69 Å². The van der Waals surface area contributed by atoms with Crippen molar-refractivity contribution in [3.05, 3.63) is 46.5 Å². The molecule has 2 aliphatic heterocycles. The summed E-state index contributed by atoms with van der Waals surface area (Å²) >= 11 is 0. The molecule has 0 aliphatic carbocycles. The second-order valence-electron chi connectivity index (χ2n) is 6.67. The summed E-state index contributed by atoms with van der Waals surface area (Å²) in [5, 5.41) is 10.4. The molecule has 0 atom stereocenters. The molecule has 24 heavy (non-hydrogen) atoms. The second kappa shape index (κ2) is 6.36. The summed E-state index contributed by atoms with van der Waals surface area (Å²) in [5.41, 5.74) is 2.00. The van der Waals surface area contributed by atoms with Crippen LogP contribution in [-0.4, -0.2) is 45.3 Å². The van der Waals surface area contributed by atoms with Gasteiger partial charge in [-0.15, -0.1) is 0 Å². The number of rotatable bonds is 3. The van der Waals surface area contributed by atoms with Crippen molar-refractivity contribution in [1.82, 2.24) is 14.0 Å². The number of piperazine rings is 1. The van der Waals surface area contributed by atoms with Gasteiger partial charge < -0.3 is 10.0 Å². The van der Waals surface area contributed by atoms with Gasteiger partial charge in [-0.05, 0) is 31.4 Å². The van der Waals surface area contributed by atoms with Crippen LogP contribution in [0.2, 0.25) is 0 Å². The monoisotopic (exact) mass is 328 g/mol. The number of fused-ring (bicyclic) bond motifs is 1. The first kappa shape index (κ1) is 15.3. The molecule has 0 radical (unpaired) electrons. The van der Waals surface area contributed by atoms with E-state index in [2.05, 4.69) is 34.1 Å². The minimum absolute atomic E-state index is 0.0623. The molecule has 6 heteroatoms. The van der Waals surface area contributed by atoms with Gasteiger partial charge in [0, 0.05) is 38.4 Å². The first-order valence-electron chi connectivity index (χ1n) is 8.77. The predicted octanol–water partition coefficient (Wildman–Crippen LogP) is 1.47. The molecule has 128 valence electrons. The smallest absolute Gasteiger partial charge is 0.332 e. The van der Waals surface area contributed by atoms with Crippen LogP contribution in [0, 0.1) is 0 Å². The van der Waals surface area contributed by atoms with Gasteiger partial charge in [0.05, 0.1) is 12.4 Å². The summed E-state index contributed by atoms with van der Waals surface area (Å²) in [6.45, 7) is 4.87. The maximum atomic E-state index is 12.5. The molecule has 1 fully saturated rings. The zero-order chi connectivity index (χ0) is 16.5. The lowest BCUT2D eigenvalue weighted by Gasteiger charge is -2.36. The molecule has 1 aromatic carbocycles. The Hall–Kier alpha value is -2.21. The number of aromatic nitrogens is 2. The number of anilines is 1. The van der Waals surface area contributed by atoms with Crippen LogP contribution in [0.15, 0.2) is 35.1 Å². The minimum atomic E-state index is -0.0623. The fourth-order valence-electron chi connectivity index (χ4n) is 3.78. The maximum absolute atomic E-state index is 12.5. The molecule has 2 aliphatic rings. The van der Waals surface area contributed by atoms with E-state index in [9.17, 15) is 9.90 Å². The molecule has 1 N–H and O–H groups in total. The summed E-state index contributed by atoms with van der Waals surface area (Å²) in [5.74, 6) is 0.171. The zero-order valence-corrected chi connectivity index (χ0v) is 13.9. The quantitative estimate of drug-likeness (QED) is 0.927. The number of benzene rings is 1. The Kier molecular flexibility index (Phi) is 4.06. The van der Waals surface area contributed by atoms with E-state index >= 15 is 0 Å². The van der Waals surface area contributed by atoms with Gasteiger partial charge in [-0.3, -0.25) is 9.47 Å². The Bertz CT molecular complexity index is 757. The normalized spacial score (nSPS) is 18.6. The van der Waals surface area contributed by atoms with Crippen LogP contribution < -0.4 is 10.6 Å². The fraction of sp³-hybridized carbons (Fsp3) is 0.500. The van der Waals surface area contributed by atoms with Gasteiger partial charge in [0.2, 0.25) is 5.88 Å². The predicted molar refractivity (Wildman–Crippen MR) is 93.5 cm³/mol. The molecule has 0 amide bonds. The molecule has 2 aromatic rings. The van der Waals surface area contributed by atoms with Gasteiger partial charge in [0.15, 0.2) is 0 Å². The molecule has 1 saturated heterocycles. The Morgan fingerprint density at radius 2 is 1.71 bits per heavy atom. The van der Waals surface area contributed by atoms with E-state index < -0.39 is 0 Å². The largest absolute Gasteiger partial charge is 0.493 e. The van der Waals surface area contributed by atoms with Gasteiger partial charge in [0.25, 0.3) is 0 Å². The Balaban J connectivity index is 1.45. The molecular formula is C18H24N4O2. The molecule has 1 aromatic heterocycles. The maximum Gasteiger partial charge on any atom is 0.332 e. The van der Waals surface area contributed by atoms with E-state index in [1.807, 2.05) is 6.07 Å². The summed E-state index contributed by atoms with van der Waals surface area (Å²) in [4.78, 5) is 17.1. The van der Waals surface area contributed by atoms with Crippen LogP contribution in [0.5, 0.6) is 5.88 Å². The number of hydrogen-bond acceptors (Lipinski definition) is 4. The number of hydrogen-bond donors (Lipinski definition) is 1. The minimum Gasteiger partial charge on any atom is -0.493 e. The van der Waals surface area contributed by atoms with E-state index in [4.69, 9.17) is 0 Å². The van der Waals surface area contributed by atoms with E-state index in [0.717, 1.165) is 57.7 Å². The highest BCUT2D eigenvalue weighted by atomic mass is 16.3. The lowest BCUT2D eigenvalue weighted by atomic mass is 10.1. The lowest BCUT2D eigenvalue weighted by Crippen LogP contribution is -2.47. The number of para-hydroxylation sites is 1. The number of nitrogens with zero attached hydrogens (tertiary/aromatic N) is 4. The van der Waals surface area contributed by atoms with Gasteiger partial charge in [0.1, 0.15) is 0 Å². The van der Waals surface area contributed by atoms with Crippen LogP contribution >= 0.6 is 0 Å². The average molecular weight is 328 g/mol. The summed E-state index contributed by atoms with van der Waals surface area (Å²) in [6, 6.07) is 10.4. The van der Waals surface area contributed by atoms with Gasteiger partial charge in [-0.1, -0.05) is 18.2 Å². The van der Waals surface area contributed by atoms with Crippen LogP contribution in [0.3, 0.4) is 0 Å². The van der Waals surface area contributed by atoms with E-state index in [1.54, 1.807) is 9.13 Å². The summed E-state index contributed by atoms with van der Waals surface area (Å²) in [6.07, 6.45) is 2.87. The third kappa shape index (κ3) is 2.71. The fourth-order valence-corrected chi connectivity index (χ4v) is 3.78. The summed E-state index contributed by atoms with van der Waals surface area (Å²) in [7, 11) is 0. The van der Waals surface area contributed by atoms with Gasteiger partial charge >= 0.3 is 5.69 Å². The second-order valence-corrected chi connectivity index (χ2v) is 6.67. The van der Waals surface area contributed by atoms with Crippen LogP contribution in [0.25, 0.3) is 0 Å². The zero-order valence-electron chi connectivity index (χ0n) is 13.9. The van der Waals surface area contributed by atoms with Gasteiger partial charge in [-0.2, -0.15) is 0 Å². The van der Waals surface area contributed by atoms with E-state index in [0.29, 0.717) is 6.67 Å².